The maximum absolute atomic E-state index is 9.70. The number of benzene rings is 3. The second-order valence-electron chi connectivity index (χ2n) is 5.25. The molecule has 0 atom stereocenters. The normalized spacial score (nSPS) is 10.9. The van der Waals surface area contributed by atoms with Gasteiger partial charge in [0.05, 0.1) is 6.61 Å². The van der Waals surface area contributed by atoms with Crippen LogP contribution in [-0.2, 0) is 9.09 Å². The van der Waals surface area contributed by atoms with Crippen molar-refractivity contribution in [3.8, 4) is 0 Å². The molecule has 3 rings (SSSR count). The summed E-state index contributed by atoms with van der Waals surface area (Å²) in [6.45, 7) is 1.56. The van der Waals surface area contributed by atoms with E-state index in [9.17, 15) is 4.57 Å². The van der Waals surface area contributed by atoms with E-state index in [1.54, 1.807) is 0 Å². The van der Waals surface area contributed by atoms with E-state index in [1.165, 1.54) is 22.8 Å². The number of hydrogen-bond donors (Lipinski definition) is 2. The molecule has 0 heterocycles. The maximum Gasteiger partial charge on any atom is 0.469 e. The molecule has 6 heteroatoms. The van der Waals surface area contributed by atoms with Gasteiger partial charge in [-0.1, -0.05) is 91.0 Å². The van der Waals surface area contributed by atoms with Gasteiger partial charge in [0.15, 0.2) is 0 Å². The first kappa shape index (κ1) is 20.5. The molecule has 136 valence electrons. The summed E-state index contributed by atoms with van der Waals surface area (Å²) in [4.78, 5) is 15.8. The minimum Gasteiger partial charge on any atom is -0.303 e. The lowest BCUT2D eigenvalue weighted by atomic mass is 10.4. The van der Waals surface area contributed by atoms with Crippen LogP contribution in [0.1, 0.15) is 6.92 Å². The maximum atomic E-state index is 9.70. The van der Waals surface area contributed by atoms with Gasteiger partial charge in [0.25, 0.3) is 0 Å². The van der Waals surface area contributed by atoms with E-state index in [0.29, 0.717) is 0 Å². The Balaban J connectivity index is 0.000000298. The first-order valence-electron chi connectivity index (χ1n) is 8.16. The fourth-order valence-electron chi connectivity index (χ4n) is 2.35. The van der Waals surface area contributed by atoms with E-state index in [4.69, 9.17) is 9.79 Å². The predicted octanol–water partition coefficient (Wildman–Crippen LogP) is 3.56. The van der Waals surface area contributed by atoms with Crippen molar-refractivity contribution in [3.05, 3.63) is 91.0 Å². The van der Waals surface area contributed by atoms with Crippen LogP contribution in [0.15, 0.2) is 91.0 Å². The quantitative estimate of drug-likeness (QED) is 0.656. The summed E-state index contributed by atoms with van der Waals surface area (Å²) in [7, 11) is -4.61. The van der Waals surface area contributed by atoms with Crippen molar-refractivity contribution in [1.82, 2.24) is 0 Å². The number of phosphoric acid groups is 1. The SMILES string of the molecule is CCOP(=O)(O)O.c1ccc(P(c2ccccc2)c2ccccc2)cc1. The van der Waals surface area contributed by atoms with Crippen molar-refractivity contribution in [3.63, 3.8) is 0 Å². The van der Waals surface area contributed by atoms with Gasteiger partial charge in [0.1, 0.15) is 0 Å². The standard InChI is InChI=1S/C18H15P.C2H7O4P/c1-4-10-16(11-5-1)19(17-12-6-2-7-13-17)18-14-8-3-9-15-18;1-2-6-7(3,4)5/h1-15H;2H2,1H3,(H2,3,4,5). The molecular formula is C20H22O4P2. The van der Waals surface area contributed by atoms with E-state index in [2.05, 4.69) is 95.5 Å². The van der Waals surface area contributed by atoms with Crippen molar-refractivity contribution in [1.29, 1.82) is 0 Å². The summed E-state index contributed by atoms with van der Waals surface area (Å²) in [6.07, 6.45) is 0. The van der Waals surface area contributed by atoms with Crippen LogP contribution >= 0.6 is 15.7 Å². The zero-order valence-corrected chi connectivity index (χ0v) is 16.3. The minimum absolute atomic E-state index is 0.0459. The van der Waals surface area contributed by atoms with E-state index in [-0.39, 0.29) is 6.61 Å². The van der Waals surface area contributed by atoms with Crippen LogP contribution < -0.4 is 15.9 Å². The van der Waals surface area contributed by atoms with Crippen LogP contribution in [0.25, 0.3) is 0 Å². The molecular weight excluding hydrogens is 366 g/mol. The summed E-state index contributed by atoms with van der Waals surface area (Å²) in [5, 5.41) is 4.19. The third-order valence-corrected chi connectivity index (χ3v) is 6.38. The van der Waals surface area contributed by atoms with Crippen LogP contribution in [0.4, 0.5) is 0 Å². The predicted molar refractivity (Wildman–Crippen MR) is 109 cm³/mol. The first-order valence-corrected chi connectivity index (χ1v) is 11.0. The molecule has 26 heavy (non-hydrogen) atoms. The topological polar surface area (TPSA) is 66.8 Å². The highest BCUT2D eigenvalue weighted by Crippen LogP contribution is 2.35. The number of phosphoric ester groups is 1. The van der Waals surface area contributed by atoms with E-state index in [0.717, 1.165) is 0 Å². The van der Waals surface area contributed by atoms with Gasteiger partial charge < -0.3 is 9.79 Å². The third kappa shape index (κ3) is 6.84. The Labute approximate surface area is 155 Å². The molecule has 3 aromatic rings. The Bertz CT molecular complexity index is 711. The lowest BCUT2D eigenvalue weighted by molar-refractivity contribution is 0.206. The van der Waals surface area contributed by atoms with Gasteiger partial charge >= 0.3 is 7.82 Å². The smallest absolute Gasteiger partial charge is 0.303 e. The molecule has 0 aromatic heterocycles. The number of rotatable bonds is 5. The van der Waals surface area contributed by atoms with E-state index >= 15 is 0 Å². The fourth-order valence-corrected chi connectivity index (χ4v) is 4.99. The average Bonchev–Trinajstić information content (AvgIpc) is 2.64. The van der Waals surface area contributed by atoms with Gasteiger partial charge in [0.2, 0.25) is 0 Å². The van der Waals surface area contributed by atoms with Gasteiger partial charge in [-0.3, -0.25) is 4.52 Å². The molecule has 0 aliphatic rings. The van der Waals surface area contributed by atoms with Crippen LogP contribution in [0.3, 0.4) is 0 Å². The molecule has 0 saturated heterocycles. The van der Waals surface area contributed by atoms with Crippen molar-refractivity contribution in [2.75, 3.05) is 6.61 Å². The summed E-state index contributed by atoms with van der Waals surface area (Å²) in [5.41, 5.74) is 0. The lowest BCUT2D eigenvalue weighted by Crippen LogP contribution is -2.20. The average molecular weight is 388 g/mol. The highest BCUT2D eigenvalue weighted by molar-refractivity contribution is 7.79. The highest BCUT2D eigenvalue weighted by Gasteiger charge is 2.15. The van der Waals surface area contributed by atoms with Gasteiger partial charge in [-0.25, -0.2) is 4.57 Å². The summed E-state index contributed by atoms with van der Waals surface area (Å²) >= 11 is 0. The van der Waals surface area contributed by atoms with E-state index in [1.807, 2.05) is 0 Å². The second-order valence-corrected chi connectivity index (χ2v) is 8.71. The molecule has 4 nitrogen and oxygen atoms in total. The molecule has 0 fully saturated rings. The zero-order valence-electron chi connectivity index (χ0n) is 14.5. The van der Waals surface area contributed by atoms with Crippen molar-refractivity contribution >= 4 is 31.7 Å². The molecule has 0 spiro atoms. The molecule has 2 N–H and O–H groups in total. The largest absolute Gasteiger partial charge is 0.469 e. The number of hydrogen-bond acceptors (Lipinski definition) is 2. The summed E-state index contributed by atoms with van der Waals surface area (Å²) in [6, 6.07) is 32.3. The van der Waals surface area contributed by atoms with Crippen LogP contribution in [0.5, 0.6) is 0 Å². The third-order valence-electron chi connectivity index (χ3n) is 3.34. The molecule has 0 radical (unpaired) electrons. The molecule has 0 amide bonds. The Morgan fingerprint density at radius 1 is 0.731 bits per heavy atom. The Morgan fingerprint density at radius 2 is 1.04 bits per heavy atom. The van der Waals surface area contributed by atoms with Crippen molar-refractivity contribution in [2.24, 2.45) is 0 Å². The molecule has 0 bridgehead atoms. The zero-order chi connectivity index (χ0) is 18.8. The van der Waals surface area contributed by atoms with Crippen LogP contribution in [-0.4, -0.2) is 16.4 Å². The van der Waals surface area contributed by atoms with Crippen LogP contribution in [0, 0.1) is 0 Å². The molecule has 3 aromatic carbocycles. The van der Waals surface area contributed by atoms with Crippen molar-refractivity contribution in [2.45, 2.75) is 6.92 Å². The van der Waals surface area contributed by atoms with Gasteiger partial charge in [-0.15, -0.1) is 0 Å². The summed E-state index contributed by atoms with van der Waals surface area (Å²) < 4.78 is 13.6. The van der Waals surface area contributed by atoms with Crippen molar-refractivity contribution < 1.29 is 18.9 Å². The molecule has 0 aliphatic carbocycles. The van der Waals surface area contributed by atoms with E-state index < -0.39 is 15.7 Å². The Hall–Kier alpha value is -1.80. The highest BCUT2D eigenvalue weighted by atomic mass is 31.2. The first-order chi connectivity index (χ1) is 12.5. The summed E-state index contributed by atoms with van der Waals surface area (Å²) in [5.74, 6) is 0. The fraction of sp³-hybridized carbons (Fsp3) is 0.100. The Kier molecular flexibility index (Phi) is 8.18. The Morgan fingerprint density at radius 3 is 1.23 bits per heavy atom. The minimum atomic E-state index is -4.17. The van der Waals surface area contributed by atoms with Gasteiger partial charge in [-0.05, 0) is 30.8 Å². The molecule has 0 unspecified atom stereocenters. The molecule has 0 saturated carbocycles. The second kappa shape index (κ2) is 10.4. The lowest BCUT2D eigenvalue weighted by Gasteiger charge is -2.18. The molecule has 0 aliphatic heterocycles. The monoisotopic (exact) mass is 388 g/mol. The van der Waals surface area contributed by atoms with Gasteiger partial charge in [0, 0.05) is 0 Å². The van der Waals surface area contributed by atoms with Crippen LogP contribution in [0.2, 0.25) is 0 Å². The van der Waals surface area contributed by atoms with Gasteiger partial charge in [-0.2, -0.15) is 0 Å².